The summed E-state index contributed by atoms with van der Waals surface area (Å²) in [5.74, 6) is 0.950. The van der Waals surface area contributed by atoms with E-state index in [2.05, 4.69) is 40.7 Å². The number of likely N-dealkylation sites (tertiary alicyclic amines) is 1. The quantitative estimate of drug-likeness (QED) is 0.459. The van der Waals surface area contributed by atoms with Crippen molar-refractivity contribution in [3.63, 3.8) is 0 Å². The molecule has 1 aliphatic heterocycles. The lowest BCUT2D eigenvalue weighted by molar-refractivity contribution is -0.121. The smallest absolute Gasteiger partial charge is 0.221 e. The first-order valence-corrected chi connectivity index (χ1v) is 10.3. The SMILES string of the molecule is CC(c1cccc(OCCCNC(=O)CCNCCCO)c1)N1CCCC1. The number of benzene rings is 1. The van der Waals surface area contributed by atoms with Crippen LogP contribution in [-0.4, -0.2) is 61.9 Å². The summed E-state index contributed by atoms with van der Waals surface area (Å²) >= 11 is 0. The van der Waals surface area contributed by atoms with Crippen molar-refractivity contribution in [3.8, 4) is 5.75 Å². The predicted octanol–water partition coefficient (Wildman–Crippen LogP) is 2.09. The van der Waals surface area contributed by atoms with Gasteiger partial charge >= 0.3 is 0 Å². The van der Waals surface area contributed by atoms with E-state index in [1.807, 2.05) is 6.07 Å². The summed E-state index contributed by atoms with van der Waals surface area (Å²) in [5, 5.41) is 14.7. The molecule has 3 N–H and O–H groups in total. The van der Waals surface area contributed by atoms with E-state index < -0.39 is 0 Å². The van der Waals surface area contributed by atoms with Crippen molar-refractivity contribution in [3.05, 3.63) is 29.8 Å². The van der Waals surface area contributed by atoms with Crippen molar-refractivity contribution in [2.75, 3.05) is 45.9 Å². The molecule has 1 saturated heterocycles. The van der Waals surface area contributed by atoms with E-state index in [-0.39, 0.29) is 12.5 Å². The molecule has 1 aromatic carbocycles. The summed E-state index contributed by atoms with van der Waals surface area (Å²) in [6, 6.07) is 8.80. The van der Waals surface area contributed by atoms with Gasteiger partial charge in [0, 0.05) is 32.2 Å². The zero-order valence-electron chi connectivity index (χ0n) is 16.6. The molecular formula is C21H35N3O3. The molecular weight excluding hydrogens is 342 g/mol. The van der Waals surface area contributed by atoms with Crippen molar-refractivity contribution < 1.29 is 14.6 Å². The lowest BCUT2D eigenvalue weighted by Gasteiger charge is -2.24. The number of amides is 1. The van der Waals surface area contributed by atoms with Crippen LogP contribution in [-0.2, 0) is 4.79 Å². The fourth-order valence-electron chi connectivity index (χ4n) is 3.31. The number of hydrogen-bond donors (Lipinski definition) is 3. The monoisotopic (exact) mass is 377 g/mol. The second-order valence-electron chi connectivity index (χ2n) is 7.12. The third-order valence-electron chi connectivity index (χ3n) is 4.98. The molecule has 0 saturated carbocycles. The van der Waals surface area contributed by atoms with Gasteiger partial charge in [-0.15, -0.1) is 0 Å². The third-order valence-corrected chi connectivity index (χ3v) is 4.98. The molecule has 1 aromatic rings. The highest BCUT2D eigenvalue weighted by Crippen LogP contribution is 2.26. The van der Waals surface area contributed by atoms with Gasteiger partial charge in [-0.25, -0.2) is 0 Å². The maximum Gasteiger partial charge on any atom is 0.221 e. The zero-order valence-corrected chi connectivity index (χ0v) is 16.6. The highest BCUT2D eigenvalue weighted by molar-refractivity contribution is 5.75. The van der Waals surface area contributed by atoms with Crippen LogP contribution in [0, 0.1) is 0 Å². The minimum Gasteiger partial charge on any atom is -0.494 e. The van der Waals surface area contributed by atoms with E-state index in [4.69, 9.17) is 9.84 Å². The number of carbonyl (C=O) groups is 1. The number of nitrogens with one attached hydrogen (secondary N) is 2. The van der Waals surface area contributed by atoms with Crippen LogP contribution in [0.3, 0.4) is 0 Å². The normalized spacial score (nSPS) is 15.6. The van der Waals surface area contributed by atoms with Gasteiger partial charge in [-0.05, 0) is 69.9 Å². The number of aliphatic hydroxyl groups excluding tert-OH is 1. The molecule has 6 nitrogen and oxygen atoms in total. The Morgan fingerprint density at radius 2 is 2.04 bits per heavy atom. The molecule has 152 valence electrons. The molecule has 0 aromatic heterocycles. The molecule has 1 unspecified atom stereocenters. The number of aliphatic hydroxyl groups is 1. The summed E-state index contributed by atoms with van der Waals surface area (Å²) in [4.78, 5) is 14.2. The average molecular weight is 378 g/mol. The second-order valence-corrected chi connectivity index (χ2v) is 7.12. The van der Waals surface area contributed by atoms with Crippen LogP contribution in [0.1, 0.15) is 50.6 Å². The van der Waals surface area contributed by atoms with Crippen molar-refractivity contribution in [1.82, 2.24) is 15.5 Å². The summed E-state index contributed by atoms with van der Waals surface area (Å²) in [7, 11) is 0. The highest BCUT2D eigenvalue weighted by atomic mass is 16.5. The molecule has 1 atom stereocenters. The van der Waals surface area contributed by atoms with E-state index in [1.54, 1.807) is 0 Å². The Morgan fingerprint density at radius 3 is 2.81 bits per heavy atom. The Labute approximate surface area is 163 Å². The van der Waals surface area contributed by atoms with Crippen LogP contribution in [0.4, 0.5) is 0 Å². The van der Waals surface area contributed by atoms with Gasteiger partial charge in [0.2, 0.25) is 5.91 Å². The van der Waals surface area contributed by atoms with Gasteiger partial charge in [0.25, 0.3) is 0 Å². The standard InChI is InChI=1S/C21H35N3O3/c1-18(24-13-2-3-14-24)19-7-4-8-20(17-19)27-16-6-11-23-21(26)9-12-22-10-5-15-25/h4,7-8,17-18,22,25H,2-3,5-6,9-16H2,1H3,(H,23,26). The van der Waals surface area contributed by atoms with Gasteiger partial charge in [0.1, 0.15) is 5.75 Å². The number of ether oxygens (including phenoxy) is 1. The first-order valence-electron chi connectivity index (χ1n) is 10.3. The minimum atomic E-state index is 0.0490. The van der Waals surface area contributed by atoms with Crippen LogP contribution in [0.25, 0.3) is 0 Å². The Hall–Kier alpha value is -1.63. The Morgan fingerprint density at radius 1 is 1.22 bits per heavy atom. The molecule has 1 aliphatic rings. The molecule has 0 aliphatic carbocycles. The van der Waals surface area contributed by atoms with E-state index >= 15 is 0 Å². The van der Waals surface area contributed by atoms with Crippen LogP contribution in [0.15, 0.2) is 24.3 Å². The molecule has 2 rings (SSSR count). The minimum absolute atomic E-state index is 0.0490. The third kappa shape index (κ3) is 8.28. The summed E-state index contributed by atoms with van der Waals surface area (Å²) in [5.41, 5.74) is 1.30. The molecule has 0 bridgehead atoms. The van der Waals surface area contributed by atoms with Gasteiger partial charge in [-0.3, -0.25) is 9.69 Å². The highest BCUT2D eigenvalue weighted by Gasteiger charge is 2.19. The number of hydrogen-bond acceptors (Lipinski definition) is 5. The lowest BCUT2D eigenvalue weighted by atomic mass is 10.1. The van der Waals surface area contributed by atoms with Crippen LogP contribution < -0.4 is 15.4 Å². The van der Waals surface area contributed by atoms with Crippen molar-refractivity contribution in [2.24, 2.45) is 0 Å². The Bertz CT molecular complexity index is 547. The van der Waals surface area contributed by atoms with Gasteiger partial charge in [-0.1, -0.05) is 12.1 Å². The number of carbonyl (C=O) groups excluding carboxylic acids is 1. The summed E-state index contributed by atoms with van der Waals surface area (Å²) in [6.07, 6.45) is 4.56. The molecule has 0 spiro atoms. The van der Waals surface area contributed by atoms with Crippen molar-refractivity contribution in [2.45, 2.75) is 45.1 Å². The van der Waals surface area contributed by atoms with Gasteiger partial charge in [0.15, 0.2) is 0 Å². The fourth-order valence-corrected chi connectivity index (χ4v) is 3.31. The van der Waals surface area contributed by atoms with Crippen LogP contribution in [0.2, 0.25) is 0 Å². The van der Waals surface area contributed by atoms with Crippen molar-refractivity contribution >= 4 is 5.91 Å². The fraction of sp³-hybridized carbons (Fsp3) is 0.667. The number of rotatable bonds is 13. The maximum atomic E-state index is 11.7. The first kappa shape index (κ1) is 21.7. The lowest BCUT2D eigenvalue weighted by Crippen LogP contribution is -2.29. The van der Waals surface area contributed by atoms with Gasteiger partial charge in [0.05, 0.1) is 6.61 Å². The van der Waals surface area contributed by atoms with E-state index in [1.165, 1.54) is 31.5 Å². The largest absolute Gasteiger partial charge is 0.494 e. The molecule has 1 amide bonds. The summed E-state index contributed by atoms with van der Waals surface area (Å²) in [6.45, 7) is 7.41. The molecule has 6 heteroatoms. The molecule has 1 fully saturated rings. The summed E-state index contributed by atoms with van der Waals surface area (Å²) < 4.78 is 5.86. The molecule has 27 heavy (non-hydrogen) atoms. The van der Waals surface area contributed by atoms with Gasteiger partial charge in [-0.2, -0.15) is 0 Å². The first-order chi connectivity index (χ1) is 13.2. The second kappa shape index (κ2) is 12.7. The Balaban J connectivity index is 1.59. The average Bonchev–Trinajstić information content (AvgIpc) is 3.22. The van der Waals surface area contributed by atoms with E-state index in [9.17, 15) is 4.79 Å². The Kier molecular flexibility index (Phi) is 10.2. The maximum absolute atomic E-state index is 11.7. The van der Waals surface area contributed by atoms with Crippen LogP contribution >= 0.6 is 0 Å². The van der Waals surface area contributed by atoms with E-state index in [0.29, 0.717) is 32.2 Å². The van der Waals surface area contributed by atoms with E-state index in [0.717, 1.165) is 25.1 Å². The van der Waals surface area contributed by atoms with Gasteiger partial charge < -0.3 is 20.5 Å². The predicted molar refractivity (Wildman–Crippen MR) is 108 cm³/mol. The van der Waals surface area contributed by atoms with Crippen molar-refractivity contribution in [1.29, 1.82) is 0 Å². The zero-order chi connectivity index (χ0) is 19.3. The molecule has 1 heterocycles. The topological polar surface area (TPSA) is 73.8 Å². The number of nitrogens with zero attached hydrogens (tertiary/aromatic N) is 1. The van der Waals surface area contributed by atoms with Crippen LogP contribution in [0.5, 0.6) is 5.75 Å². The molecule has 0 radical (unpaired) electrons.